The Labute approximate surface area is 172 Å². The van der Waals surface area contributed by atoms with Crippen LogP contribution in [0.4, 0.5) is 0 Å². The molecule has 0 fully saturated rings. The second-order valence-corrected chi connectivity index (χ2v) is 8.48. The van der Waals surface area contributed by atoms with Crippen molar-refractivity contribution in [1.82, 2.24) is 10.3 Å². The van der Waals surface area contributed by atoms with E-state index in [2.05, 4.69) is 42.0 Å². The third-order valence-corrected chi connectivity index (χ3v) is 5.26. The molecule has 1 aromatic heterocycles. The van der Waals surface area contributed by atoms with Crippen molar-refractivity contribution in [2.45, 2.75) is 32.7 Å². The highest BCUT2D eigenvalue weighted by Crippen LogP contribution is 2.32. The number of fused-ring (bicyclic) bond motifs is 1. The highest BCUT2D eigenvalue weighted by atomic mass is 79.9. The Morgan fingerprint density at radius 1 is 1.21 bits per heavy atom. The molecule has 3 rings (SSSR count). The van der Waals surface area contributed by atoms with Gasteiger partial charge < -0.3 is 15.2 Å². The molecular weight excluding hydrogens is 420 g/mol. The average Bonchev–Trinajstić information content (AvgIpc) is 2.65. The van der Waals surface area contributed by atoms with Gasteiger partial charge in [-0.1, -0.05) is 54.9 Å². The molecule has 0 aliphatic carbocycles. The number of pyridine rings is 1. The monoisotopic (exact) mass is 442 g/mol. The van der Waals surface area contributed by atoms with Gasteiger partial charge in [-0.2, -0.15) is 0 Å². The molecule has 0 atom stereocenters. The molecule has 1 heterocycles. The maximum atomic E-state index is 12.9. The fourth-order valence-corrected chi connectivity index (χ4v) is 3.37. The maximum absolute atomic E-state index is 12.9. The molecule has 0 spiro atoms. The Balaban J connectivity index is 1.90. The predicted octanol–water partition coefficient (Wildman–Crippen LogP) is 4.94. The molecule has 6 heteroatoms. The van der Waals surface area contributed by atoms with Crippen LogP contribution in [0.15, 0.2) is 46.9 Å². The zero-order valence-electron chi connectivity index (χ0n) is 16.3. The van der Waals surface area contributed by atoms with Crippen LogP contribution in [0.5, 0.6) is 11.5 Å². The highest BCUT2D eigenvalue weighted by Gasteiger charge is 2.18. The molecule has 146 valence electrons. The van der Waals surface area contributed by atoms with Gasteiger partial charge in [-0.25, -0.2) is 0 Å². The number of halogens is 1. The van der Waals surface area contributed by atoms with Crippen LogP contribution < -0.4 is 10.1 Å². The van der Waals surface area contributed by atoms with Crippen molar-refractivity contribution in [2.24, 2.45) is 0 Å². The van der Waals surface area contributed by atoms with E-state index < -0.39 is 0 Å². The van der Waals surface area contributed by atoms with Gasteiger partial charge in [0.05, 0.1) is 18.2 Å². The number of phenolic OH excluding ortho intramolecular Hbond substituents is 1. The molecule has 0 radical (unpaired) electrons. The molecule has 3 aromatic rings. The highest BCUT2D eigenvalue weighted by molar-refractivity contribution is 9.10. The fraction of sp³-hybridized carbons (Fsp3) is 0.273. The lowest BCUT2D eigenvalue weighted by Crippen LogP contribution is -2.24. The lowest BCUT2D eigenvalue weighted by Gasteiger charge is -2.18. The van der Waals surface area contributed by atoms with Gasteiger partial charge >= 0.3 is 0 Å². The molecule has 0 aliphatic rings. The van der Waals surface area contributed by atoms with Crippen LogP contribution in [0.2, 0.25) is 0 Å². The number of nitrogens with zero attached hydrogens (tertiary/aromatic N) is 1. The summed E-state index contributed by atoms with van der Waals surface area (Å²) in [5.41, 5.74) is 2.85. The third-order valence-electron chi connectivity index (χ3n) is 4.52. The summed E-state index contributed by atoms with van der Waals surface area (Å²) in [5.74, 6) is 0.189. The van der Waals surface area contributed by atoms with E-state index in [-0.39, 0.29) is 23.6 Å². The number of aromatic hydroxyl groups is 1. The van der Waals surface area contributed by atoms with E-state index >= 15 is 0 Å². The summed E-state index contributed by atoms with van der Waals surface area (Å²) in [6.45, 7) is 6.57. The van der Waals surface area contributed by atoms with E-state index in [9.17, 15) is 9.90 Å². The van der Waals surface area contributed by atoms with Crippen LogP contribution in [0.1, 0.15) is 42.4 Å². The topological polar surface area (TPSA) is 71.5 Å². The Bertz CT molecular complexity index is 1040. The van der Waals surface area contributed by atoms with Crippen molar-refractivity contribution < 1.29 is 14.6 Å². The Kier molecular flexibility index (Phi) is 5.61. The number of carbonyl (C=O) groups excluding carboxylic acids is 1. The normalized spacial score (nSPS) is 11.5. The summed E-state index contributed by atoms with van der Waals surface area (Å²) >= 11 is 3.41. The molecule has 0 bridgehead atoms. The van der Waals surface area contributed by atoms with Crippen molar-refractivity contribution in [3.63, 3.8) is 0 Å². The quantitative estimate of drug-likeness (QED) is 0.600. The Morgan fingerprint density at radius 2 is 1.96 bits per heavy atom. The van der Waals surface area contributed by atoms with Crippen molar-refractivity contribution in [1.29, 1.82) is 0 Å². The number of hydrogen-bond donors (Lipinski definition) is 2. The Morgan fingerprint density at radius 3 is 2.64 bits per heavy atom. The first-order chi connectivity index (χ1) is 13.2. The summed E-state index contributed by atoms with van der Waals surface area (Å²) in [4.78, 5) is 17.6. The largest absolute Gasteiger partial charge is 0.504 e. The number of ether oxygens (including phenoxy) is 1. The molecule has 0 saturated carbocycles. The molecule has 2 N–H and O–H groups in total. The average molecular weight is 443 g/mol. The zero-order chi connectivity index (χ0) is 20.5. The van der Waals surface area contributed by atoms with Crippen LogP contribution in [-0.2, 0) is 12.0 Å². The van der Waals surface area contributed by atoms with Gasteiger partial charge in [-0.3, -0.25) is 9.78 Å². The molecule has 0 aliphatic heterocycles. The second-order valence-electron chi connectivity index (χ2n) is 7.62. The molecule has 28 heavy (non-hydrogen) atoms. The van der Waals surface area contributed by atoms with Crippen molar-refractivity contribution in [3.05, 3.63) is 63.8 Å². The number of phenols is 1. The number of benzene rings is 2. The van der Waals surface area contributed by atoms with Crippen molar-refractivity contribution >= 4 is 32.7 Å². The zero-order valence-corrected chi connectivity index (χ0v) is 17.9. The molecule has 0 unspecified atom stereocenters. The number of hydrogen-bond acceptors (Lipinski definition) is 4. The molecule has 2 aromatic carbocycles. The summed E-state index contributed by atoms with van der Waals surface area (Å²) in [5, 5.41) is 13.7. The number of para-hydroxylation sites is 1. The molecule has 1 amide bonds. The number of nitrogens with one attached hydrogen (secondary N) is 1. The minimum Gasteiger partial charge on any atom is -0.504 e. The SMILES string of the molecule is COc1cc(CNC(=O)c2cccc3ccc(C(C)(C)C)nc23)c(Br)cc1O. The van der Waals surface area contributed by atoms with Crippen molar-refractivity contribution in [2.75, 3.05) is 7.11 Å². The second kappa shape index (κ2) is 7.80. The third kappa shape index (κ3) is 4.12. The minimum atomic E-state index is -0.205. The number of aromatic nitrogens is 1. The standard InChI is InChI=1S/C22H23BrN2O3/c1-22(2,3)19-9-8-13-6-5-7-15(20(13)25-19)21(27)24-12-14-10-18(28-4)17(26)11-16(14)23/h5-11,26H,12H2,1-4H3,(H,24,27). The van der Waals surface area contributed by atoms with Crippen LogP contribution in [0.3, 0.4) is 0 Å². The summed E-state index contributed by atoms with van der Waals surface area (Å²) in [7, 11) is 1.49. The predicted molar refractivity (Wildman–Crippen MR) is 114 cm³/mol. The van der Waals surface area contributed by atoms with E-state index in [1.54, 1.807) is 18.2 Å². The van der Waals surface area contributed by atoms with Crippen molar-refractivity contribution in [3.8, 4) is 11.5 Å². The van der Waals surface area contributed by atoms with Crippen LogP contribution in [0, 0.1) is 0 Å². The van der Waals surface area contributed by atoms with E-state index in [4.69, 9.17) is 9.72 Å². The van der Waals surface area contributed by atoms with E-state index in [1.807, 2.05) is 24.3 Å². The summed E-state index contributed by atoms with van der Waals surface area (Å²) < 4.78 is 5.83. The smallest absolute Gasteiger partial charge is 0.253 e. The van der Waals surface area contributed by atoms with Gasteiger partial charge in [0, 0.05) is 27.5 Å². The molecular formula is C22H23BrN2O3. The molecule has 5 nitrogen and oxygen atoms in total. The summed E-state index contributed by atoms with van der Waals surface area (Å²) in [6.07, 6.45) is 0. The lowest BCUT2D eigenvalue weighted by molar-refractivity contribution is 0.0952. The minimum absolute atomic E-state index is 0.0393. The fourth-order valence-electron chi connectivity index (χ4n) is 2.90. The van der Waals surface area contributed by atoms with E-state index in [1.165, 1.54) is 7.11 Å². The number of methoxy groups -OCH3 is 1. The van der Waals surface area contributed by atoms with Gasteiger partial charge in [0.15, 0.2) is 11.5 Å². The van der Waals surface area contributed by atoms with E-state index in [0.29, 0.717) is 21.3 Å². The van der Waals surface area contributed by atoms with Crippen LogP contribution in [-0.4, -0.2) is 23.1 Å². The number of carbonyl (C=O) groups is 1. The first-order valence-corrected chi connectivity index (χ1v) is 9.74. The van der Waals surface area contributed by atoms with Gasteiger partial charge in [0.25, 0.3) is 5.91 Å². The lowest BCUT2D eigenvalue weighted by atomic mass is 9.91. The van der Waals surface area contributed by atoms with Gasteiger partial charge in [0.2, 0.25) is 0 Å². The number of rotatable bonds is 4. The van der Waals surface area contributed by atoms with Crippen LogP contribution >= 0.6 is 15.9 Å². The maximum Gasteiger partial charge on any atom is 0.253 e. The van der Waals surface area contributed by atoms with Crippen LogP contribution in [0.25, 0.3) is 10.9 Å². The first kappa shape index (κ1) is 20.1. The first-order valence-electron chi connectivity index (χ1n) is 8.94. The van der Waals surface area contributed by atoms with Gasteiger partial charge in [-0.05, 0) is 29.8 Å². The van der Waals surface area contributed by atoms with Gasteiger partial charge in [-0.15, -0.1) is 0 Å². The van der Waals surface area contributed by atoms with E-state index in [0.717, 1.165) is 16.6 Å². The Hall–Kier alpha value is -2.60. The molecule has 0 saturated heterocycles. The number of amides is 1. The van der Waals surface area contributed by atoms with Gasteiger partial charge in [0.1, 0.15) is 0 Å². The summed E-state index contributed by atoms with van der Waals surface area (Å²) in [6, 6.07) is 12.8.